The molecule has 0 saturated carbocycles. The lowest BCUT2D eigenvalue weighted by Crippen LogP contribution is -2.33. The average molecular weight is 424 g/mol. The van der Waals surface area contributed by atoms with Crippen LogP contribution in [0, 0.1) is 6.92 Å². The Morgan fingerprint density at radius 2 is 1.90 bits per heavy atom. The van der Waals surface area contributed by atoms with Gasteiger partial charge in [-0.1, -0.05) is 12.1 Å². The van der Waals surface area contributed by atoms with Gasteiger partial charge in [0.15, 0.2) is 11.5 Å². The Balaban J connectivity index is 1.45. The zero-order valence-corrected chi connectivity index (χ0v) is 18.0. The first kappa shape index (κ1) is 21.2. The number of hydrogen-bond donors (Lipinski definition) is 1. The van der Waals surface area contributed by atoms with Gasteiger partial charge in [-0.25, -0.2) is 4.79 Å². The van der Waals surface area contributed by atoms with Gasteiger partial charge in [-0.3, -0.25) is 9.69 Å². The Kier molecular flexibility index (Phi) is 6.42. The summed E-state index contributed by atoms with van der Waals surface area (Å²) >= 11 is 0. The van der Waals surface area contributed by atoms with E-state index in [2.05, 4.69) is 16.3 Å². The highest BCUT2D eigenvalue weighted by molar-refractivity contribution is 5.96. The van der Waals surface area contributed by atoms with Crippen LogP contribution in [0.15, 0.2) is 36.4 Å². The molecule has 2 heterocycles. The lowest BCUT2D eigenvalue weighted by molar-refractivity contribution is -0.117. The van der Waals surface area contributed by atoms with Crippen LogP contribution in [0.2, 0.25) is 0 Å². The maximum absolute atomic E-state index is 12.8. The number of hydrogen-bond acceptors (Lipinski definition) is 6. The molecule has 164 valence electrons. The van der Waals surface area contributed by atoms with Crippen LogP contribution < -0.4 is 14.8 Å². The molecule has 7 heteroatoms. The van der Waals surface area contributed by atoms with Gasteiger partial charge in [0.1, 0.15) is 0 Å². The third-order valence-electron chi connectivity index (χ3n) is 5.80. The van der Waals surface area contributed by atoms with E-state index in [4.69, 9.17) is 14.2 Å². The summed E-state index contributed by atoms with van der Waals surface area (Å²) in [5, 5.41) is 2.95. The number of carbonyl (C=O) groups is 2. The van der Waals surface area contributed by atoms with Crippen LogP contribution >= 0.6 is 0 Å². The summed E-state index contributed by atoms with van der Waals surface area (Å²) in [7, 11) is 1.34. The number of esters is 1. The Morgan fingerprint density at radius 1 is 1.10 bits per heavy atom. The first-order valence-electron chi connectivity index (χ1n) is 10.7. The number of benzene rings is 2. The molecule has 4 rings (SSSR count). The molecule has 1 saturated heterocycles. The first-order valence-corrected chi connectivity index (χ1v) is 10.7. The number of rotatable bonds is 5. The minimum atomic E-state index is -0.426. The number of anilines is 1. The van der Waals surface area contributed by atoms with E-state index in [0.29, 0.717) is 24.5 Å². The summed E-state index contributed by atoms with van der Waals surface area (Å²) in [5.74, 6) is 1.03. The number of nitrogens with one attached hydrogen (secondary N) is 1. The van der Waals surface area contributed by atoms with Gasteiger partial charge in [0, 0.05) is 18.2 Å². The van der Waals surface area contributed by atoms with Crippen LogP contribution in [0.4, 0.5) is 5.69 Å². The van der Waals surface area contributed by atoms with E-state index in [1.807, 2.05) is 19.1 Å². The lowest BCUT2D eigenvalue weighted by atomic mass is 10.0. The fraction of sp³-hybridized carbons (Fsp3) is 0.417. The van der Waals surface area contributed by atoms with E-state index >= 15 is 0 Å². The molecule has 1 unspecified atom stereocenters. The van der Waals surface area contributed by atoms with Crippen molar-refractivity contribution >= 4 is 17.6 Å². The van der Waals surface area contributed by atoms with Gasteiger partial charge in [0.25, 0.3) is 0 Å². The SMILES string of the molecule is COC(=O)c1ccc(C)c(NC(=O)CN2CCCC2c2ccc3c(c2)OCCCO3)c1. The molecule has 0 bridgehead atoms. The number of methoxy groups -OCH3 is 1. The molecule has 2 aliphatic heterocycles. The highest BCUT2D eigenvalue weighted by Gasteiger charge is 2.28. The van der Waals surface area contributed by atoms with E-state index in [1.54, 1.807) is 18.2 Å². The summed E-state index contributed by atoms with van der Waals surface area (Å²) in [6, 6.07) is 11.4. The summed E-state index contributed by atoms with van der Waals surface area (Å²) in [5.41, 5.74) is 3.06. The Bertz CT molecular complexity index is 974. The number of ether oxygens (including phenoxy) is 3. The summed E-state index contributed by atoms with van der Waals surface area (Å²) in [6.07, 6.45) is 2.89. The zero-order chi connectivity index (χ0) is 21.8. The maximum atomic E-state index is 12.8. The van der Waals surface area contributed by atoms with Crippen LogP contribution in [-0.2, 0) is 9.53 Å². The maximum Gasteiger partial charge on any atom is 0.337 e. The topological polar surface area (TPSA) is 77.1 Å². The molecule has 1 N–H and O–H groups in total. The van der Waals surface area contributed by atoms with Crippen molar-refractivity contribution in [1.82, 2.24) is 4.90 Å². The van der Waals surface area contributed by atoms with Crippen molar-refractivity contribution in [2.24, 2.45) is 0 Å². The minimum absolute atomic E-state index is 0.105. The highest BCUT2D eigenvalue weighted by Crippen LogP contribution is 2.37. The van der Waals surface area contributed by atoms with Gasteiger partial charge in [-0.2, -0.15) is 0 Å². The smallest absolute Gasteiger partial charge is 0.337 e. The zero-order valence-electron chi connectivity index (χ0n) is 18.0. The number of carbonyl (C=O) groups excluding carboxylic acids is 2. The molecular weight excluding hydrogens is 396 g/mol. The highest BCUT2D eigenvalue weighted by atomic mass is 16.5. The molecule has 1 fully saturated rings. The molecule has 0 aromatic heterocycles. The average Bonchev–Trinajstić information content (AvgIpc) is 3.09. The second-order valence-corrected chi connectivity index (χ2v) is 7.95. The monoisotopic (exact) mass is 424 g/mol. The van der Waals surface area contributed by atoms with E-state index in [-0.39, 0.29) is 18.5 Å². The second kappa shape index (κ2) is 9.39. The number of fused-ring (bicyclic) bond motifs is 1. The number of amides is 1. The molecule has 7 nitrogen and oxygen atoms in total. The van der Waals surface area contributed by atoms with Gasteiger partial charge in [-0.05, 0) is 61.7 Å². The van der Waals surface area contributed by atoms with Gasteiger partial charge in [-0.15, -0.1) is 0 Å². The third-order valence-corrected chi connectivity index (χ3v) is 5.80. The molecule has 0 radical (unpaired) electrons. The second-order valence-electron chi connectivity index (χ2n) is 7.95. The predicted octanol–water partition coefficient (Wildman–Crippen LogP) is 3.72. The fourth-order valence-electron chi connectivity index (χ4n) is 4.16. The summed E-state index contributed by atoms with van der Waals surface area (Å²) in [4.78, 5) is 26.8. The summed E-state index contributed by atoms with van der Waals surface area (Å²) in [6.45, 7) is 4.34. The van der Waals surface area contributed by atoms with Crippen molar-refractivity contribution < 1.29 is 23.8 Å². The fourth-order valence-corrected chi connectivity index (χ4v) is 4.16. The molecule has 1 atom stereocenters. The van der Waals surface area contributed by atoms with Crippen molar-refractivity contribution in [3.8, 4) is 11.5 Å². The van der Waals surface area contributed by atoms with Crippen molar-refractivity contribution in [3.05, 3.63) is 53.1 Å². The molecule has 2 aromatic carbocycles. The largest absolute Gasteiger partial charge is 0.490 e. The van der Waals surface area contributed by atoms with Crippen LogP contribution in [0.25, 0.3) is 0 Å². The number of aryl methyl sites for hydroxylation is 1. The van der Waals surface area contributed by atoms with Gasteiger partial charge in [0.05, 0.1) is 32.4 Å². The van der Waals surface area contributed by atoms with Crippen molar-refractivity contribution in [2.45, 2.75) is 32.2 Å². The number of likely N-dealkylation sites (tertiary alicyclic amines) is 1. The minimum Gasteiger partial charge on any atom is -0.490 e. The van der Waals surface area contributed by atoms with Crippen molar-refractivity contribution in [2.75, 3.05) is 38.7 Å². The van der Waals surface area contributed by atoms with Crippen molar-refractivity contribution in [1.29, 1.82) is 0 Å². The Hall–Kier alpha value is -3.06. The first-order chi connectivity index (χ1) is 15.0. The van der Waals surface area contributed by atoms with Crippen molar-refractivity contribution in [3.63, 3.8) is 0 Å². The molecule has 1 amide bonds. The van der Waals surface area contributed by atoms with E-state index in [9.17, 15) is 9.59 Å². The van der Waals surface area contributed by atoms with Gasteiger partial charge < -0.3 is 19.5 Å². The molecule has 0 aliphatic carbocycles. The van der Waals surface area contributed by atoms with E-state index in [1.165, 1.54) is 7.11 Å². The van der Waals surface area contributed by atoms with Crippen LogP contribution in [-0.4, -0.2) is 50.2 Å². The lowest BCUT2D eigenvalue weighted by Gasteiger charge is -2.25. The third kappa shape index (κ3) is 4.82. The van der Waals surface area contributed by atoms with Crippen LogP contribution in [0.1, 0.15) is 46.8 Å². The number of nitrogens with zero attached hydrogens (tertiary/aromatic N) is 1. The quantitative estimate of drug-likeness (QED) is 0.738. The molecular formula is C24H28N2O5. The predicted molar refractivity (Wildman–Crippen MR) is 117 cm³/mol. The molecule has 2 aliphatic rings. The van der Waals surface area contributed by atoms with Crippen LogP contribution in [0.5, 0.6) is 11.5 Å². The summed E-state index contributed by atoms with van der Waals surface area (Å²) < 4.78 is 16.3. The molecule has 31 heavy (non-hydrogen) atoms. The normalized spacial score (nSPS) is 18.3. The van der Waals surface area contributed by atoms with E-state index < -0.39 is 5.97 Å². The van der Waals surface area contributed by atoms with Gasteiger partial charge >= 0.3 is 5.97 Å². The van der Waals surface area contributed by atoms with Gasteiger partial charge in [0.2, 0.25) is 5.91 Å². The Morgan fingerprint density at radius 3 is 2.71 bits per heavy atom. The molecule has 0 spiro atoms. The van der Waals surface area contributed by atoms with E-state index in [0.717, 1.165) is 48.4 Å². The Labute approximate surface area is 182 Å². The standard InChI is InChI=1S/C24H28N2O5/c1-16-6-7-18(24(28)29-2)13-19(16)25-23(27)15-26-10-3-5-20(26)17-8-9-21-22(14-17)31-12-4-11-30-21/h6-9,13-14,20H,3-5,10-12,15H2,1-2H3,(H,25,27). The molecule has 2 aromatic rings. The van der Waals surface area contributed by atoms with Crippen LogP contribution in [0.3, 0.4) is 0 Å².